The molecule has 4 aromatic rings. The van der Waals surface area contributed by atoms with Crippen molar-refractivity contribution in [2.75, 3.05) is 16.4 Å². The number of benzene rings is 3. The van der Waals surface area contributed by atoms with Gasteiger partial charge in [0.1, 0.15) is 5.70 Å². The quantitative estimate of drug-likeness (QED) is 0.149. The standard InChI is InChI=1S/C29H23N3O5S2/c33-26(30-22-11-9-21(10-12-22)29(36)37)18-39-24-8-4-7-23(16-24)31-28(35)25(15-19-13-14-38-17-19)32-27(34)20-5-2-1-3-6-20/h1-17H,18H2,(H,30,33)(H,31,35)(H,32,34)(H,36,37)/b25-15-. The van der Waals surface area contributed by atoms with Crippen molar-refractivity contribution < 1.29 is 24.3 Å². The van der Waals surface area contributed by atoms with Crippen molar-refractivity contribution >= 4 is 64.2 Å². The molecule has 0 aliphatic carbocycles. The fourth-order valence-electron chi connectivity index (χ4n) is 3.37. The summed E-state index contributed by atoms with van der Waals surface area (Å²) in [6, 6.07) is 23.4. The second kappa shape index (κ2) is 13.2. The number of carboxylic acid groups (broad SMARTS) is 1. The molecule has 0 aliphatic rings. The maximum atomic E-state index is 13.2. The summed E-state index contributed by atoms with van der Waals surface area (Å²) in [5, 5.41) is 21.0. The molecule has 0 aliphatic heterocycles. The maximum Gasteiger partial charge on any atom is 0.335 e. The number of anilines is 2. The number of nitrogens with one attached hydrogen (secondary N) is 3. The molecule has 0 bridgehead atoms. The third-order valence-corrected chi connectivity index (χ3v) is 6.96. The summed E-state index contributed by atoms with van der Waals surface area (Å²) >= 11 is 2.75. The molecule has 0 unspecified atom stereocenters. The highest BCUT2D eigenvalue weighted by molar-refractivity contribution is 8.00. The monoisotopic (exact) mass is 557 g/mol. The second-order valence-corrected chi connectivity index (χ2v) is 9.96. The van der Waals surface area contributed by atoms with Crippen molar-refractivity contribution in [3.8, 4) is 0 Å². The van der Waals surface area contributed by atoms with Crippen molar-refractivity contribution in [2.45, 2.75) is 4.90 Å². The zero-order valence-electron chi connectivity index (χ0n) is 20.4. The molecule has 0 saturated heterocycles. The van der Waals surface area contributed by atoms with Gasteiger partial charge in [0.15, 0.2) is 0 Å². The van der Waals surface area contributed by atoms with Gasteiger partial charge in [-0.3, -0.25) is 14.4 Å². The Morgan fingerprint density at radius 1 is 0.821 bits per heavy atom. The van der Waals surface area contributed by atoms with E-state index in [-0.39, 0.29) is 22.9 Å². The average molecular weight is 558 g/mol. The molecule has 3 amide bonds. The van der Waals surface area contributed by atoms with E-state index in [9.17, 15) is 19.2 Å². The molecule has 4 rings (SSSR count). The number of aromatic carboxylic acids is 1. The van der Waals surface area contributed by atoms with Gasteiger partial charge in [0.2, 0.25) is 5.91 Å². The van der Waals surface area contributed by atoms with Crippen LogP contribution < -0.4 is 16.0 Å². The first-order valence-corrected chi connectivity index (χ1v) is 13.6. The van der Waals surface area contributed by atoms with Gasteiger partial charge in [-0.05, 0) is 83.1 Å². The first kappa shape index (κ1) is 27.4. The molecule has 196 valence electrons. The Balaban J connectivity index is 1.39. The van der Waals surface area contributed by atoms with E-state index in [1.54, 1.807) is 54.6 Å². The van der Waals surface area contributed by atoms with Gasteiger partial charge in [-0.2, -0.15) is 11.3 Å². The van der Waals surface area contributed by atoms with Crippen molar-refractivity contribution in [3.05, 3.63) is 118 Å². The molecule has 0 radical (unpaired) electrons. The van der Waals surface area contributed by atoms with Crippen LogP contribution in [0.1, 0.15) is 26.3 Å². The minimum absolute atomic E-state index is 0.0913. The number of hydrogen-bond donors (Lipinski definition) is 4. The van der Waals surface area contributed by atoms with E-state index in [0.717, 1.165) is 10.5 Å². The number of amides is 3. The zero-order valence-corrected chi connectivity index (χ0v) is 22.1. The highest BCUT2D eigenvalue weighted by Gasteiger charge is 2.15. The van der Waals surface area contributed by atoms with E-state index in [1.807, 2.05) is 22.9 Å². The summed E-state index contributed by atoms with van der Waals surface area (Å²) in [4.78, 5) is 50.0. The predicted octanol–water partition coefficient (Wildman–Crippen LogP) is 5.59. The number of carbonyl (C=O) groups is 4. The van der Waals surface area contributed by atoms with Gasteiger partial charge in [-0.1, -0.05) is 24.3 Å². The minimum Gasteiger partial charge on any atom is -0.478 e. The lowest BCUT2D eigenvalue weighted by Gasteiger charge is -2.12. The van der Waals surface area contributed by atoms with Crippen LogP contribution in [0.5, 0.6) is 0 Å². The Morgan fingerprint density at radius 2 is 1.59 bits per heavy atom. The Morgan fingerprint density at radius 3 is 2.28 bits per heavy atom. The molecule has 0 fully saturated rings. The van der Waals surface area contributed by atoms with Crippen LogP contribution in [-0.2, 0) is 9.59 Å². The van der Waals surface area contributed by atoms with Crippen molar-refractivity contribution in [3.63, 3.8) is 0 Å². The molecule has 39 heavy (non-hydrogen) atoms. The molecular weight excluding hydrogens is 534 g/mol. The van der Waals surface area contributed by atoms with Crippen LogP contribution in [0.2, 0.25) is 0 Å². The minimum atomic E-state index is -1.04. The van der Waals surface area contributed by atoms with Gasteiger partial charge in [0.05, 0.1) is 11.3 Å². The molecule has 8 nitrogen and oxygen atoms in total. The van der Waals surface area contributed by atoms with Crippen LogP contribution in [0.15, 0.2) is 106 Å². The lowest BCUT2D eigenvalue weighted by Crippen LogP contribution is -2.30. The number of hydrogen-bond acceptors (Lipinski definition) is 6. The summed E-state index contributed by atoms with van der Waals surface area (Å²) < 4.78 is 0. The number of carboxylic acids is 1. The molecule has 3 aromatic carbocycles. The van der Waals surface area contributed by atoms with Crippen LogP contribution >= 0.6 is 23.1 Å². The summed E-state index contributed by atoms with van der Waals surface area (Å²) in [5.41, 5.74) is 2.43. The van der Waals surface area contributed by atoms with Gasteiger partial charge in [0, 0.05) is 21.8 Å². The normalized spacial score (nSPS) is 10.9. The van der Waals surface area contributed by atoms with Crippen molar-refractivity contribution in [1.82, 2.24) is 5.32 Å². The Hall–Kier alpha value is -4.67. The lowest BCUT2D eigenvalue weighted by atomic mass is 10.2. The van der Waals surface area contributed by atoms with Crippen LogP contribution in [0.4, 0.5) is 11.4 Å². The van der Waals surface area contributed by atoms with Gasteiger partial charge in [-0.15, -0.1) is 11.8 Å². The number of thioether (sulfide) groups is 1. The molecular formula is C29H23N3O5S2. The van der Waals surface area contributed by atoms with E-state index in [0.29, 0.717) is 16.9 Å². The Kier molecular flexibility index (Phi) is 9.28. The van der Waals surface area contributed by atoms with Crippen molar-refractivity contribution in [2.24, 2.45) is 0 Å². The summed E-state index contributed by atoms with van der Waals surface area (Å²) in [7, 11) is 0. The van der Waals surface area contributed by atoms with Gasteiger partial charge >= 0.3 is 5.97 Å². The smallest absolute Gasteiger partial charge is 0.335 e. The number of rotatable bonds is 10. The number of carbonyl (C=O) groups excluding carboxylic acids is 3. The third kappa shape index (κ3) is 8.16. The van der Waals surface area contributed by atoms with E-state index in [1.165, 1.54) is 47.4 Å². The topological polar surface area (TPSA) is 125 Å². The highest BCUT2D eigenvalue weighted by atomic mass is 32.2. The fourth-order valence-corrected chi connectivity index (χ4v) is 4.74. The van der Waals surface area contributed by atoms with Crippen LogP contribution in [0.25, 0.3) is 6.08 Å². The fraction of sp³-hybridized carbons (Fsp3) is 0.0345. The van der Waals surface area contributed by atoms with E-state index < -0.39 is 17.8 Å². The summed E-state index contributed by atoms with van der Waals surface area (Å²) in [6.45, 7) is 0. The molecule has 0 atom stereocenters. The molecule has 0 saturated carbocycles. The zero-order chi connectivity index (χ0) is 27.6. The van der Waals surface area contributed by atoms with Crippen LogP contribution in [0, 0.1) is 0 Å². The maximum absolute atomic E-state index is 13.2. The van der Waals surface area contributed by atoms with Gasteiger partial charge < -0.3 is 21.1 Å². The van der Waals surface area contributed by atoms with Gasteiger partial charge in [0.25, 0.3) is 11.8 Å². The predicted molar refractivity (Wildman–Crippen MR) is 154 cm³/mol. The molecule has 1 heterocycles. The molecule has 1 aromatic heterocycles. The highest BCUT2D eigenvalue weighted by Crippen LogP contribution is 2.23. The van der Waals surface area contributed by atoms with E-state index >= 15 is 0 Å². The molecule has 10 heteroatoms. The Labute approximate surface area is 232 Å². The number of thiophene rings is 1. The van der Waals surface area contributed by atoms with E-state index in [4.69, 9.17) is 5.11 Å². The Bertz CT molecular complexity index is 1500. The summed E-state index contributed by atoms with van der Waals surface area (Å²) in [5.74, 6) is -2.09. The second-order valence-electron chi connectivity index (χ2n) is 8.14. The van der Waals surface area contributed by atoms with Gasteiger partial charge in [-0.25, -0.2) is 4.79 Å². The molecule has 0 spiro atoms. The average Bonchev–Trinajstić information content (AvgIpc) is 3.46. The SMILES string of the molecule is O=C(CSc1cccc(NC(=O)/C(=C/c2ccsc2)NC(=O)c2ccccc2)c1)Nc1ccc(C(=O)O)cc1. The molecule has 4 N–H and O–H groups in total. The van der Waals surface area contributed by atoms with Crippen LogP contribution in [-0.4, -0.2) is 34.6 Å². The third-order valence-electron chi connectivity index (χ3n) is 5.26. The first-order chi connectivity index (χ1) is 18.9. The largest absolute Gasteiger partial charge is 0.478 e. The summed E-state index contributed by atoms with van der Waals surface area (Å²) in [6.07, 6.45) is 1.61. The van der Waals surface area contributed by atoms with Crippen molar-refractivity contribution in [1.29, 1.82) is 0 Å². The van der Waals surface area contributed by atoms with Crippen LogP contribution in [0.3, 0.4) is 0 Å². The first-order valence-electron chi connectivity index (χ1n) is 11.6. The van der Waals surface area contributed by atoms with E-state index in [2.05, 4.69) is 16.0 Å². The lowest BCUT2D eigenvalue weighted by molar-refractivity contribution is -0.114.